The second-order valence-corrected chi connectivity index (χ2v) is 15.7. The number of nitrogens with zero attached hydrogens (tertiary/aromatic N) is 6. The molecule has 2 radical (unpaired) electrons. The van der Waals surface area contributed by atoms with Crippen LogP contribution >= 0.6 is 0 Å². The third kappa shape index (κ3) is 4.34. The lowest BCUT2D eigenvalue weighted by Crippen LogP contribution is -2.56. The van der Waals surface area contributed by atoms with E-state index in [2.05, 4.69) is 0 Å². The van der Waals surface area contributed by atoms with Gasteiger partial charge in [0.15, 0.2) is 11.1 Å². The van der Waals surface area contributed by atoms with E-state index in [1.807, 2.05) is 0 Å². The summed E-state index contributed by atoms with van der Waals surface area (Å²) in [4.78, 5) is 16.3. The van der Waals surface area contributed by atoms with Crippen molar-refractivity contribution in [1.29, 1.82) is 0 Å². The van der Waals surface area contributed by atoms with Crippen LogP contribution in [0.1, 0.15) is 99.0 Å². The Balaban J connectivity index is 1.57. The van der Waals surface area contributed by atoms with E-state index in [4.69, 9.17) is 4.74 Å². The fourth-order valence-electron chi connectivity index (χ4n) is 6.20. The number of carbonyl (C=O) groups excluding carboxylic acids is 1. The molecule has 0 bridgehead atoms. The Bertz CT molecular complexity index is 1730. The molecule has 14 heteroatoms. The first-order valence-electron chi connectivity index (χ1n) is 15.7. The number of ether oxygens (including phenoxy) is 1. The van der Waals surface area contributed by atoms with Gasteiger partial charge in [-0.25, -0.2) is 14.3 Å². The molecule has 0 fully saturated rings. The van der Waals surface area contributed by atoms with Gasteiger partial charge in [0.25, 0.3) is 5.84 Å². The van der Waals surface area contributed by atoms with Gasteiger partial charge >= 0.3 is 18.0 Å². The molecule has 0 N–H and O–H groups in total. The predicted molar refractivity (Wildman–Crippen MR) is 179 cm³/mol. The molecule has 0 aromatic heterocycles. The molecular weight excluding hydrogens is 620 g/mol. The van der Waals surface area contributed by atoms with Crippen LogP contribution < -0.4 is 14.5 Å². The first-order valence-corrected chi connectivity index (χ1v) is 15.7. The number of esters is 1. The molecule has 0 unspecified atom stereocenters. The number of anilines is 2. The van der Waals surface area contributed by atoms with E-state index in [0.717, 1.165) is 0 Å². The molecule has 0 saturated carbocycles. The van der Waals surface area contributed by atoms with Crippen LogP contribution in [-0.2, 0) is 10.2 Å². The minimum absolute atomic E-state index is 0.0618. The van der Waals surface area contributed by atoms with Crippen LogP contribution in [-0.4, -0.2) is 76.4 Å². The minimum Gasteiger partial charge on any atom is -0.715 e. The molecule has 3 aliphatic rings. The van der Waals surface area contributed by atoms with Crippen molar-refractivity contribution in [2.24, 2.45) is 0 Å². The van der Waals surface area contributed by atoms with Crippen molar-refractivity contribution >= 4 is 35.2 Å². The van der Waals surface area contributed by atoms with E-state index in [1.165, 1.54) is 52.3 Å². The summed E-state index contributed by atoms with van der Waals surface area (Å²) in [6.07, 6.45) is 0. The van der Waals surface area contributed by atoms with Gasteiger partial charge in [0.2, 0.25) is 0 Å². The van der Waals surface area contributed by atoms with E-state index in [0.29, 0.717) is 24.8 Å². The van der Waals surface area contributed by atoms with Crippen LogP contribution in [0.25, 0.3) is 0 Å². The number of benzene rings is 2. The zero-order chi connectivity index (χ0) is 36.3. The van der Waals surface area contributed by atoms with Crippen LogP contribution in [0.4, 0.5) is 11.4 Å². The SMILES string of the molecule is CC1(C)N([O-])C(c2ccc(OC(=O)c3cc(N4C([O])=[N+]([O-])C(C)(C)C4(C)C)cc(N4C([O])=[N+]([O-])C(C)(C)C4(C)C)c3)cc2)=[N+]([O-])C1(C)C. The van der Waals surface area contributed by atoms with Crippen molar-refractivity contribution in [3.63, 3.8) is 0 Å². The van der Waals surface area contributed by atoms with Crippen LogP contribution in [0, 0.1) is 20.8 Å². The molecule has 3 aliphatic heterocycles. The number of hydrogen-bond donors (Lipinski definition) is 0. The predicted octanol–water partition coefficient (Wildman–Crippen LogP) is 4.88. The van der Waals surface area contributed by atoms with Crippen LogP contribution in [0.5, 0.6) is 5.75 Å². The summed E-state index contributed by atoms with van der Waals surface area (Å²) in [7, 11) is 0. The van der Waals surface area contributed by atoms with Gasteiger partial charge in [-0.15, -0.1) is 0 Å². The maximum absolute atomic E-state index is 13.7. The third-order valence-electron chi connectivity index (χ3n) is 11.7. The molecule has 0 atom stereocenters. The summed E-state index contributed by atoms with van der Waals surface area (Å²) in [5, 5.41) is 79.7. The number of amidine groups is 3. The average Bonchev–Trinajstić information content (AvgIpc) is 3.26. The molecule has 3 heterocycles. The maximum Gasteiger partial charge on any atom is 0.497 e. The van der Waals surface area contributed by atoms with Crippen molar-refractivity contribution in [1.82, 2.24) is 5.06 Å². The van der Waals surface area contributed by atoms with Crippen molar-refractivity contribution < 1.29 is 34.0 Å². The summed E-state index contributed by atoms with van der Waals surface area (Å²) in [5.74, 6) is -0.832. The summed E-state index contributed by atoms with van der Waals surface area (Å²) in [6.45, 7) is 20.2. The van der Waals surface area contributed by atoms with Gasteiger partial charge < -0.3 is 25.6 Å². The Kier molecular flexibility index (Phi) is 7.31. The Hall–Kier alpha value is -4.72. The molecule has 14 nitrogen and oxygen atoms in total. The zero-order valence-corrected chi connectivity index (χ0v) is 29.5. The first-order chi connectivity index (χ1) is 21.8. The van der Waals surface area contributed by atoms with E-state index in [9.17, 15) is 35.8 Å². The third-order valence-corrected chi connectivity index (χ3v) is 11.7. The zero-order valence-electron chi connectivity index (χ0n) is 29.5. The average molecular weight is 664 g/mol. The molecule has 48 heavy (non-hydrogen) atoms. The highest BCUT2D eigenvalue weighted by atomic mass is 16.5. The summed E-state index contributed by atoms with van der Waals surface area (Å²) < 4.78 is 7.13. The van der Waals surface area contributed by atoms with Gasteiger partial charge in [-0.1, -0.05) is 0 Å². The summed E-state index contributed by atoms with van der Waals surface area (Å²) in [6, 6.07) is 8.47. The van der Waals surface area contributed by atoms with Crippen molar-refractivity contribution in [2.75, 3.05) is 9.80 Å². The fraction of sp³-hybridized carbons (Fsp3) is 0.529. The molecule has 2 aromatic rings. The molecule has 5 rings (SSSR count). The van der Waals surface area contributed by atoms with Gasteiger partial charge in [-0.05, 0) is 119 Å². The lowest BCUT2D eigenvalue weighted by Gasteiger charge is -2.39. The van der Waals surface area contributed by atoms with Crippen molar-refractivity contribution in [2.45, 2.75) is 116 Å². The Morgan fingerprint density at radius 1 is 0.625 bits per heavy atom. The number of hydrogen-bond acceptors (Lipinski definition) is 9. The van der Waals surface area contributed by atoms with Gasteiger partial charge in [0.1, 0.15) is 39.3 Å². The topological polar surface area (TPSA) is 177 Å². The molecular formula is C34H43N6O8-. The Morgan fingerprint density at radius 3 is 1.35 bits per heavy atom. The highest BCUT2D eigenvalue weighted by molar-refractivity contribution is 6.00. The Morgan fingerprint density at radius 2 is 1.02 bits per heavy atom. The second-order valence-electron chi connectivity index (χ2n) is 15.7. The second kappa shape index (κ2) is 10.1. The fourth-order valence-corrected chi connectivity index (χ4v) is 6.20. The van der Waals surface area contributed by atoms with Gasteiger partial charge in [0, 0.05) is 6.07 Å². The van der Waals surface area contributed by atoms with Crippen LogP contribution in [0.15, 0.2) is 42.5 Å². The van der Waals surface area contributed by atoms with E-state index < -0.39 is 51.2 Å². The monoisotopic (exact) mass is 663 g/mol. The largest absolute Gasteiger partial charge is 0.715 e. The lowest BCUT2D eigenvalue weighted by atomic mass is 9.82. The minimum atomic E-state index is -1.17. The number of rotatable bonds is 5. The standard InChI is InChI=1S/C34H43N6O8/c1-29(2)31(5,6)39(46)27(42)35(29)22-17-21(18-23(19-22)36-28(43)40(47)32(7,8)30(36,3)4)26(41)48-24-15-13-20(14-16-24)25-37(44)33(9,10)34(11,12)38(25)45/h13-19H,1-12H3/q-1. The molecule has 2 aromatic carbocycles. The van der Waals surface area contributed by atoms with Gasteiger partial charge in [0.05, 0.1) is 11.1 Å². The summed E-state index contributed by atoms with van der Waals surface area (Å²) >= 11 is 0. The molecule has 0 amide bonds. The number of hydroxylamine groups is 5. The van der Waals surface area contributed by atoms with E-state index >= 15 is 0 Å². The normalized spacial score (nSPS) is 23.4. The molecule has 0 saturated heterocycles. The summed E-state index contributed by atoms with van der Waals surface area (Å²) in [5.41, 5.74) is -5.91. The molecule has 0 spiro atoms. The van der Waals surface area contributed by atoms with Crippen molar-refractivity contribution in [3.05, 3.63) is 74.4 Å². The molecule has 258 valence electrons. The van der Waals surface area contributed by atoms with Gasteiger partial charge in [-0.2, -0.15) is 20.0 Å². The van der Waals surface area contributed by atoms with Crippen LogP contribution in [0.3, 0.4) is 0 Å². The quantitative estimate of drug-likeness (QED) is 0.187. The maximum atomic E-state index is 13.7. The first kappa shape index (κ1) is 34.6. The highest BCUT2D eigenvalue weighted by Crippen LogP contribution is 2.45. The Labute approximate surface area is 280 Å². The number of carbonyl (C=O) groups is 1. The lowest BCUT2D eigenvalue weighted by molar-refractivity contribution is -0.546. The van der Waals surface area contributed by atoms with Crippen LogP contribution in [0.2, 0.25) is 0 Å². The van der Waals surface area contributed by atoms with E-state index in [-0.39, 0.29) is 28.5 Å². The highest BCUT2D eigenvalue weighted by Gasteiger charge is 2.62. The van der Waals surface area contributed by atoms with Crippen molar-refractivity contribution in [3.8, 4) is 5.75 Å². The molecule has 0 aliphatic carbocycles. The van der Waals surface area contributed by atoms with Gasteiger partial charge in [-0.3, -0.25) is 9.80 Å². The van der Waals surface area contributed by atoms with E-state index in [1.54, 1.807) is 83.1 Å². The smallest absolute Gasteiger partial charge is 0.497 e.